The maximum atomic E-state index is 14.0. The van der Waals surface area contributed by atoms with Gasteiger partial charge in [-0.3, -0.25) is 9.59 Å². The first-order chi connectivity index (χ1) is 16.5. The summed E-state index contributed by atoms with van der Waals surface area (Å²) in [5, 5.41) is 0. The molecule has 0 aromatic heterocycles. The van der Waals surface area contributed by atoms with Crippen LogP contribution >= 0.6 is 0 Å². The number of carbonyl (C=O) groups is 2. The van der Waals surface area contributed by atoms with E-state index in [0.29, 0.717) is 19.1 Å². The summed E-state index contributed by atoms with van der Waals surface area (Å²) in [6, 6.07) is 7.05. The molecule has 4 heterocycles. The molecule has 0 radical (unpaired) electrons. The van der Waals surface area contributed by atoms with Crippen LogP contribution < -0.4 is 10.4 Å². The molecule has 1 aromatic carbocycles. The van der Waals surface area contributed by atoms with Gasteiger partial charge in [0.15, 0.2) is 0 Å². The molecule has 35 heavy (non-hydrogen) atoms. The van der Waals surface area contributed by atoms with Crippen LogP contribution in [0, 0.1) is 0 Å². The number of hydrogen-bond acceptors (Lipinski definition) is 5. The standard InChI is InChI=1S/C27H38BN3O4/c1-18(32)30-16-27(17-30)22-10-9-19(28-34-25(2,3)26(4,5)35-28)13-23(22)31(24(27)33)21-14-20(15-21)29-11-7-6-8-12-29/h9-10,13,20-21H,6-8,11-12,14-17H2,1-5H3. The van der Waals surface area contributed by atoms with Crippen molar-refractivity contribution in [2.75, 3.05) is 31.1 Å². The van der Waals surface area contributed by atoms with Gasteiger partial charge < -0.3 is 24.0 Å². The summed E-state index contributed by atoms with van der Waals surface area (Å²) < 4.78 is 12.6. The molecule has 0 unspecified atom stereocenters. The first-order valence-corrected chi connectivity index (χ1v) is 13.4. The van der Waals surface area contributed by atoms with Gasteiger partial charge in [-0.1, -0.05) is 18.6 Å². The van der Waals surface area contributed by atoms with Gasteiger partial charge in [-0.2, -0.15) is 0 Å². The van der Waals surface area contributed by atoms with Gasteiger partial charge in [0.05, 0.1) is 11.2 Å². The van der Waals surface area contributed by atoms with Crippen molar-refractivity contribution in [3.63, 3.8) is 0 Å². The highest BCUT2D eigenvalue weighted by molar-refractivity contribution is 6.62. The van der Waals surface area contributed by atoms with Gasteiger partial charge in [0.1, 0.15) is 5.41 Å². The predicted molar refractivity (Wildman–Crippen MR) is 136 cm³/mol. The smallest absolute Gasteiger partial charge is 0.399 e. The number of hydrogen-bond donors (Lipinski definition) is 0. The second-order valence-corrected chi connectivity index (χ2v) is 12.4. The fourth-order valence-corrected chi connectivity index (χ4v) is 6.58. The van der Waals surface area contributed by atoms with Crippen LogP contribution in [0.4, 0.5) is 5.69 Å². The van der Waals surface area contributed by atoms with Gasteiger partial charge >= 0.3 is 7.12 Å². The van der Waals surface area contributed by atoms with Crippen LogP contribution in [0.25, 0.3) is 0 Å². The van der Waals surface area contributed by atoms with Gasteiger partial charge in [0.25, 0.3) is 0 Å². The summed E-state index contributed by atoms with van der Waals surface area (Å²) in [6.07, 6.45) is 5.96. The molecule has 0 atom stereocenters. The van der Waals surface area contributed by atoms with Crippen molar-refractivity contribution in [2.24, 2.45) is 0 Å². The molecule has 1 aromatic rings. The summed E-state index contributed by atoms with van der Waals surface area (Å²) in [5.41, 5.74) is 1.56. The molecule has 4 aliphatic heterocycles. The quantitative estimate of drug-likeness (QED) is 0.624. The predicted octanol–water partition coefficient (Wildman–Crippen LogP) is 2.45. The molecule has 6 rings (SSSR count). The van der Waals surface area contributed by atoms with E-state index in [1.807, 2.05) is 6.07 Å². The summed E-state index contributed by atoms with van der Waals surface area (Å²) in [5.74, 6) is 0.198. The largest absolute Gasteiger partial charge is 0.494 e. The van der Waals surface area contributed by atoms with Crippen LogP contribution in [0.15, 0.2) is 18.2 Å². The zero-order valence-electron chi connectivity index (χ0n) is 21.8. The highest BCUT2D eigenvalue weighted by Crippen LogP contribution is 2.50. The average molecular weight is 479 g/mol. The highest BCUT2D eigenvalue weighted by atomic mass is 16.7. The normalized spacial score (nSPS) is 30.9. The molecule has 5 aliphatic rings. The Balaban J connectivity index is 1.30. The molecule has 1 aliphatic carbocycles. The lowest BCUT2D eigenvalue weighted by molar-refractivity contribution is -0.142. The van der Waals surface area contributed by atoms with Gasteiger partial charge in [-0.05, 0) is 83.6 Å². The number of piperidine rings is 1. The van der Waals surface area contributed by atoms with Crippen LogP contribution in [0.2, 0.25) is 0 Å². The Bertz CT molecular complexity index is 1040. The minimum Gasteiger partial charge on any atom is -0.399 e. The van der Waals surface area contributed by atoms with Gasteiger partial charge in [0.2, 0.25) is 11.8 Å². The summed E-state index contributed by atoms with van der Waals surface area (Å²) in [6.45, 7) is 13.1. The molecule has 188 valence electrons. The first-order valence-electron chi connectivity index (χ1n) is 13.4. The number of anilines is 1. The Labute approximate surface area is 209 Å². The van der Waals surface area contributed by atoms with Crippen LogP contribution in [-0.2, 0) is 24.3 Å². The number of likely N-dealkylation sites (tertiary alicyclic amines) is 2. The van der Waals surface area contributed by atoms with Crippen LogP contribution in [-0.4, -0.2) is 78.2 Å². The molecule has 1 spiro atoms. The lowest BCUT2D eigenvalue weighted by Crippen LogP contribution is -2.66. The maximum absolute atomic E-state index is 14.0. The number of amides is 2. The van der Waals surface area contributed by atoms with Crippen LogP contribution in [0.1, 0.15) is 72.3 Å². The second-order valence-electron chi connectivity index (χ2n) is 12.4. The minimum atomic E-state index is -0.605. The summed E-state index contributed by atoms with van der Waals surface area (Å²) >= 11 is 0. The van der Waals surface area contributed by atoms with Crippen molar-refractivity contribution in [1.29, 1.82) is 0 Å². The van der Waals surface area contributed by atoms with E-state index in [2.05, 4.69) is 49.6 Å². The van der Waals surface area contributed by atoms with Crippen molar-refractivity contribution in [3.8, 4) is 0 Å². The molecule has 0 N–H and O–H groups in total. The SMILES string of the molecule is CC(=O)N1CC2(C1)C(=O)N(C1CC(N3CCCCC3)C1)c1cc(B3OC(C)(C)C(C)(C)O3)ccc12. The van der Waals surface area contributed by atoms with E-state index < -0.39 is 23.7 Å². The van der Waals surface area contributed by atoms with Gasteiger partial charge in [-0.25, -0.2) is 0 Å². The molecule has 8 heteroatoms. The van der Waals surface area contributed by atoms with Crippen molar-refractivity contribution in [2.45, 2.75) is 95.4 Å². The summed E-state index contributed by atoms with van der Waals surface area (Å²) in [4.78, 5) is 32.5. The molecule has 0 bridgehead atoms. The number of carbonyl (C=O) groups excluding carboxylic acids is 2. The van der Waals surface area contributed by atoms with E-state index in [1.54, 1.807) is 11.8 Å². The third-order valence-electron chi connectivity index (χ3n) is 9.68. The third-order valence-corrected chi connectivity index (χ3v) is 9.68. The van der Waals surface area contributed by atoms with Gasteiger partial charge in [0, 0.05) is 37.8 Å². The van der Waals surface area contributed by atoms with Crippen molar-refractivity contribution in [3.05, 3.63) is 23.8 Å². The molecule has 3 saturated heterocycles. The molecular weight excluding hydrogens is 441 g/mol. The van der Waals surface area contributed by atoms with E-state index in [0.717, 1.165) is 29.6 Å². The zero-order valence-corrected chi connectivity index (χ0v) is 21.8. The highest BCUT2D eigenvalue weighted by Gasteiger charge is 2.61. The fourth-order valence-electron chi connectivity index (χ4n) is 6.58. The number of benzene rings is 1. The van der Waals surface area contributed by atoms with Crippen molar-refractivity contribution < 1.29 is 18.9 Å². The Morgan fingerprint density at radius 3 is 2.20 bits per heavy atom. The van der Waals surface area contributed by atoms with Gasteiger partial charge in [-0.15, -0.1) is 0 Å². The molecule has 7 nitrogen and oxygen atoms in total. The summed E-state index contributed by atoms with van der Waals surface area (Å²) in [7, 11) is -0.462. The monoisotopic (exact) mass is 479 g/mol. The van der Waals surface area contributed by atoms with E-state index in [4.69, 9.17) is 9.31 Å². The minimum absolute atomic E-state index is 0.0334. The number of fused-ring (bicyclic) bond motifs is 2. The van der Waals surface area contributed by atoms with Crippen molar-refractivity contribution in [1.82, 2.24) is 9.80 Å². The number of nitrogens with zero attached hydrogens (tertiary/aromatic N) is 3. The van der Waals surface area contributed by atoms with E-state index >= 15 is 0 Å². The Morgan fingerprint density at radius 2 is 1.60 bits per heavy atom. The maximum Gasteiger partial charge on any atom is 0.494 e. The second kappa shape index (κ2) is 7.80. The molecule has 1 saturated carbocycles. The molecule has 2 amide bonds. The van der Waals surface area contributed by atoms with E-state index in [9.17, 15) is 9.59 Å². The fraction of sp³-hybridized carbons (Fsp3) is 0.704. The average Bonchev–Trinajstić information content (AvgIpc) is 3.12. The van der Waals surface area contributed by atoms with E-state index in [1.165, 1.54) is 32.4 Å². The van der Waals surface area contributed by atoms with Crippen LogP contribution in [0.3, 0.4) is 0 Å². The zero-order chi connectivity index (χ0) is 24.8. The molecule has 4 fully saturated rings. The third kappa shape index (κ3) is 3.43. The lowest BCUT2D eigenvalue weighted by Gasteiger charge is -2.50. The Hall–Kier alpha value is -1.90. The van der Waals surface area contributed by atoms with Crippen molar-refractivity contribution >= 4 is 30.1 Å². The Kier molecular flexibility index (Phi) is 5.24. The van der Waals surface area contributed by atoms with E-state index in [-0.39, 0.29) is 17.9 Å². The number of rotatable bonds is 3. The first kappa shape index (κ1) is 23.5. The lowest BCUT2D eigenvalue weighted by atomic mass is 9.72. The topological polar surface area (TPSA) is 62.3 Å². The molecular formula is C27H38BN3O4. The van der Waals surface area contributed by atoms with Crippen LogP contribution in [0.5, 0.6) is 0 Å². The Morgan fingerprint density at radius 1 is 0.971 bits per heavy atom.